The molecule has 0 spiro atoms. The minimum absolute atomic E-state index is 0.0264. The Morgan fingerprint density at radius 1 is 1.19 bits per heavy atom. The van der Waals surface area contributed by atoms with Crippen molar-refractivity contribution < 1.29 is 9.59 Å². The lowest BCUT2D eigenvalue weighted by Crippen LogP contribution is -2.38. The van der Waals surface area contributed by atoms with Gasteiger partial charge in [0.1, 0.15) is 0 Å². The maximum absolute atomic E-state index is 12.6. The first kappa shape index (κ1) is 18.1. The summed E-state index contributed by atoms with van der Waals surface area (Å²) in [5, 5.41) is 5.79. The fourth-order valence-electron chi connectivity index (χ4n) is 3.17. The van der Waals surface area contributed by atoms with Crippen LogP contribution in [0, 0.1) is 5.92 Å². The third-order valence-corrected chi connectivity index (χ3v) is 4.58. The molecule has 2 N–H and O–H groups in total. The first-order chi connectivity index (χ1) is 12.6. The number of likely N-dealkylation sites (tertiary alicyclic amines) is 1. The van der Waals surface area contributed by atoms with Gasteiger partial charge in [-0.15, -0.1) is 0 Å². The number of nitrogens with zero attached hydrogens (tertiary/aromatic N) is 2. The van der Waals surface area contributed by atoms with Crippen LogP contribution in [-0.4, -0.2) is 41.8 Å². The third-order valence-electron chi connectivity index (χ3n) is 4.58. The van der Waals surface area contributed by atoms with Crippen LogP contribution in [0.4, 0.5) is 5.69 Å². The summed E-state index contributed by atoms with van der Waals surface area (Å²) in [6.07, 6.45) is 3.59. The average molecular weight is 352 g/mol. The topological polar surface area (TPSA) is 74.3 Å². The summed E-state index contributed by atoms with van der Waals surface area (Å²) in [6, 6.07) is 12.7. The molecule has 2 amide bonds. The first-order valence-electron chi connectivity index (χ1n) is 8.90. The molecule has 1 aliphatic heterocycles. The zero-order valence-corrected chi connectivity index (χ0v) is 14.9. The summed E-state index contributed by atoms with van der Waals surface area (Å²) < 4.78 is 0. The van der Waals surface area contributed by atoms with Crippen molar-refractivity contribution >= 4 is 17.5 Å². The molecule has 1 aromatic carbocycles. The van der Waals surface area contributed by atoms with E-state index in [-0.39, 0.29) is 17.7 Å². The van der Waals surface area contributed by atoms with Crippen molar-refractivity contribution in [1.29, 1.82) is 0 Å². The number of anilines is 1. The van der Waals surface area contributed by atoms with Gasteiger partial charge in [0.05, 0.1) is 29.4 Å². The van der Waals surface area contributed by atoms with Crippen molar-refractivity contribution in [2.75, 3.05) is 25.5 Å². The summed E-state index contributed by atoms with van der Waals surface area (Å²) in [4.78, 5) is 31.5. The van der Waals surface area contributed by atoms with E-state index in [1.807, 2.05) is 31.3 Å². The van der Waals surface area contributed by atoms with Crippen molar-refractivity contribution in [2.24, 2.45) is 5.92 Å². The van der Waals surface area contributed by atoms with Gasteiger partial charge in [-0.05, 0) is 50.7 Å². The maximum Gasteiger partial charge on any atom is 0.253 e. The number of rotatable bonds is 5. The highest BCUT2D eigenvalue weighted by molar-refractivity contribution is 6.04. The number of carbonyl (C=O) groups excluding carboxylic acids is 2. The third kappa shape index (κ3) is 4.67. The second-order valence-electron chi connectivity index (χ2n) is 6.64. The van der Waals surface area contributed by atoms with Gasteiger partial charge in [-0.1, -0.05) is 18.2 Å². The van der Waals surface area contributed by atoms with Gasteiger partial charge in [0.2, 0.25) is 5.91 Å². The number of amides is 2. The van der Waals surface area contributed by atoms with Crippen LogP contribution in [0.25, 0.3) is 0 Å². The van der Waals surface area contributed by atoms with Crippen LogP contribution in [0.5, 0.6) is 0 Å². The number of para-hydroxylation sites is 1. The van der Waals surface area contributed by atoms with Crippen LogP contribution < -0.4 is 10.6 Å². The number of aromatic nitrogens is 1. The number of nitrogens with one attached hydrogen (secondary N) is 2. The van der Waals surface area contributed by atoms with Gasteiger partial charge < -0.3 is 15.5 Å². The molecule has 1 unspecified atom stereocenters. The molecule has 1 aliphatic rings. The van der Waals surface area contributed by atoms with Crippen LogP contribution in [0.1, 0.15) is 28.9 Å². The molecule has 0 bridgehead atoms. The van der Waals surface area contributed by atoms with E-state index in [4.69, 9.17) is 0 Å². The number of pyridine rings is 1. The van der Waals surface area contributed by atoms with E-state index in [0.717, 1.165) is 31.6 Å². The van der Waals surface area contributed by atoms with Crippen LogP contribution in [0.2, 0.25) is 0 Å². The van der Waals surface area contributed by atoms with E-state index in [0.29, 0.717) is 17.8 Å². The van der Waals surface area contributed by atoms with Crippen molar-refractivity contribution in [3.05, 3.63) is 59.9 Å². The minimum atomic E-state index is -0.229. The predicted octanol–water partition coefficient (Wildman–Crippen LogP) is 2.29. The summed E-state index contributed by atoms with van der Waals surface area (Å²) in [5.74, 6) is -0.299. The molecule has 136 valence electrons. The lowest BCUT2D eigenvalue weighted by molar-refractivity contribution is -0.121. The summed E-state index contributed by atoms with van der Waals surface area (Å²) in [6.45, 7) is 2.12. The van der Waals surface area contributed by atoms with Gasteiger partial charge in [-0.25, -0.2) is 0 Å². The first-order valence-corrected chi connectivity index (χ1v) is 8.90. The van der Waals surface area contributed by atoms with E-state index >= 15 is 0 Å². The molecular weight excluding hydrogens is 328 g/mol. The summed E-state index contributed by atoms with van der Waals surface area (Å²) in [7, 11) is 2.03. The van der Waals surface area contributed by atoms with Crippen LogP contribution in [0.3, 0.4) is 0 Å². The Kier molecular flexibility index (Phi) is 5.96. The molecule has 1 saturated heterocycles. The molecular formula is C20H24N4O2. The van der Waals surface area contributed by atoms with Crippen molar-refractivity contribution in [2.45, 2.75) is 19.4 Å². The van der Waals surface area contributed by atoms with Crippen molar-refractivity contribution in [3.63, 3.8) is 0 Å². The summed E-state index contributed by atoms with van der Waals surface area (Å²) in [5.41, 5.74) is 1.79. The van der Waals surface area contributed by atoms with Crippen LogP contribution in [-0.2, 0) is 11.3 Å². The molecule has 0 aliphatic carbocycles. The lowest BCUT2D eigenvalue weighted by atomic mass is 9.97. The summed E-state index contributed by atoms with van der Waals surface area (Å²) >= 11 is 0. The molecule has 0 radical (unpaired) electrons. The largest absolute Gasteiger partial charge is 0.346 e. The fraction of sp³-hybridized carbons (Fsp3) is 0.350. The highest BCUT2D eigenvalue weighted by Gasteiger charge is 2.25. The Balaban J connectivity index is 1.65. The monoisotopic (exact) mass is 352 g/mol. The molecule has 3 rings (SSSR count). The van der Waals surface area contributed by atoms with Gasteiger partial charge in [-0.2, -0.15) is 0 Å². The van der Waals surface area contributed by atoms with Crippen LogP contribution in [0.15, 0.2) is 48.7 Å². The zero-order chi connectivity index (χ0) is 18.4. The molecule has 2 aromatic rings. The lowest BCUT2D eigenvalue weighted by Gasteiger charge is -2.28. The van der Waals surface area contributed by atoms with Gasteiger partial charge in [0, 0.05) is 12.7 Å². The van der Waals surface area contributed by atoms with E-state index in [1.54, 1.807) is 24.4 Å². The van der Waals surface area contributed by atoms with Gasteiger partial charge in [0.25, 0.3) is 5.91 Å². The zero-order valence-electron chi connectivity index (χ0n) is 14.9. The van der Waals surface area contributed by atoms with Gasteiger partial charge in [0.15, 0.2) is 0 Å². The van der Waals surface area contributed by atoms with E-state index < -0.39 is 0 Å². The number of benzene rings is 1. The van der Waals surface area contributed by atoms with E-state index in [2.05, 4.69) is 20.5 Å². The highest BCUT2D eigenvalue weighted by Crippen LogP contribution is 2.20. The molecule has 6 nitrogen and oxygen atoms in total. The van der Waals surface area contributed by atoms with Crippen molar-refractivity contribution in [1.82, 2.24) is 15.2 Å². The molecule has 2 heterocycles. The molecule has 6 heteroatoms. The molecule has 1 atom stereocenters. The SMILES string of the molecule is CN1CCCC(C(=O)Nc2ccccc2C(=O)NCc2ccccn2)C1. The Morgan fingerprint density at radius 2 is 2.00 bits per heavy atom. The fourth-order valence-corrected chi connectivity index (χ4v) is 3.17. The Labute approximate surface area is 153 Å². The predicted molar refractivity (Wildman–Crippen MR) is 101 cm³/mol. The van der Waals surface area contributed by atoms with E-state index in [9.17, 15) is 9.59 Å². The number of hydrogen-bond donors (Lipinski definition) is 2. The number of hydrogen-bond acceptors (Lipinski definition) is 4. The maximum atomic E-state index is 12.6. The van der Waals surface area contributed by atoms with E-state index in [1.165, 1.54) is 0 Å². The Morgan fingerprint density at radius 3 is 2.77 bits per heavy atom. The standard InChI is InChI=1S/C20H24N4O2/c1-24-12-6-7-15(14-24)19(25)23-18-10-3-2-9-17(18)20(26)22-13-16-8-4-5-11-21-16/h2-5,8-11,15H,6-7,12-14H2,1H3,(H,22,26)(H,23,25). The minimum Gasteiger partial charge on any atom is -0.346 e. The molecule has 26 heavy (non-hydrogen) atoms. The quantitative estimate of drug-likeness (QED) is 0.866. The second-order valence-corrected chi connectivity index (χ2v) is 6.64. The van der Waals surface area contributed by atoms with Crippen LogP contribution >= 0.6 is 0 Å². The van der Waals surface area contributed by atoms with Crippen molar-refractivity contribution in [3.8, 4) is 0 Å². The van der Waals surface area contributed by atoms with Gasteiger partial charge >= 0.3 is 0 Å². The molecule has 1 aromatic heterocycles. The molecule has 1 fully saturated rings. The average Bonchev–Trinajstić information content (AvgIpc) is 2.67. The normalized spacial score (nSPS) is 17.5. The smallest absolute Gasteiger partial charge is 0.253 e. The molecule has 0 saturated carbocycles. The number of piperidine rings is 1. The Hall–Kier alpha value is -2.73. The number of carbonyl (C=O) groups is 2. The highest BCUT2D eigenvalue weighted by atomic mass is 16.2. The second kappa shape index (κ2) is 8.58. The van der Waals surface area contributed by atoms with Gasteiger partial charge in [-0.3, -0.25) is 14.6 Å². The Bertz CT molecular complexity index is 763.